The zero-order valence-electron chi connectivity index (χ0n) is 14.4. The van der Waals surface area contributed by atoms with E-state index in [1.807, 2.05) is 37.3 Å². The summed E-state index contributed by atoms with van der Waals surface area (Å²) in [6.45, 7) is 4.14. The predicted octanol–water partition coefficient (Wildman–Crippen LogP) is 5.51. The summed E-state index contributed by atoms with van der Waals surface area (Å²) in [6.07, 6.45) is 3.46. The van der Waals surface area contributed by atoms with Crippen LogP contribution in [0.1, 0.15) is 53.4 Å². The highest BCUT2D eigenvalue weighted by Crippen LogP contribution is 2.22. The minimum Gasteiger partial charge on any atom is -0.294 e. The molecule has 0 radical (unpaired) electrons. The summed E-state index contributed by atoms with van der Waals surface area (Å²) in [7, 11) is 0. The molecular formula is C22H23NO. The summed E-state index contributed by atoms with van der Waals surface area (Å²) in [4.78, 5) is 16.9. The van der Waals surface area contributed by atoms with Crippen molar-refractivity contribution in [3.8, 4) is 0 Å². The molecule has 0 N–H and O–H groups in total. The van der Waals surface area contributed by atoms with Gasteiger partial charge in [0, 0.05) is 23.1 Å². The number of carbonyl (C=O) groups is 1. The zero-order valence-corrected chi connectivity index (χ0v) is 14.4. The van der Waals surface area contributed by atoms with Crippen molar-refractivity contribution in [2.24, 2.45) is 0 Å². The Balaban J connectivity index is 1.90. The maximum absolute atomic E-state index is 12.3. The normalized spacial score (nSPS) is 10.9. The Morgan fingerprint density at radius 3 is 2.71 bits per heavy atom. The van der Waals surface area contributed by atoms with Crippen LogP contribution in [0, 0.1) is 6.92 Å². The lowest BCUT2D eigenvalue weighted by molar-refractivity contribution is 0.0979. The topological polar surface area (TPSA) is 30.0 Å². The van der Waals surface area contributed by atoms with Gasteiger partial charge in [0.2, 0.25) is 0 Å². The molecule has 3 aromatic rings. The van der Waals surface area contributed by atoms with Gasteiger partial charge in [0.05, 0.1) is 5.52 Å². The Morgan fingerprint density at radius 2 is 1.88 bits per heavy atom. The number of carbonyl (C=O) groups excluding carboxylic acids is 1. The summed E-state index contributed by atoms with van der Waals surface area (Å²) in [5.74, 6) is 0.245. The molecule has 0 bridgehead atoms. The van der Waals surface area contributed by atoms with E-state index >= 15 is 0 Å². The van der Waals surface area contributed by atoms with E-state index in [0.29, 0.717) is 6.42 Å². The van der Waals surface area contributed by atoms with Gasteiger partial charge in [-0.3, -0.25) is 9.78 Å². The molecule has 0 aliphatic carbocycles. The van der Waals surface area contributed by atoms with E-state index < -0.39 is 0 Å². The van der Waals surface area contributed by atoms with Gasteiger partial charge in [-0.1, -0.05) is 49.7 Å². The van der Waals surface area contributed by atoms with Crippen LogP contribution in [0.3, 0.4) is 0 Å². The van der Waals surface area contributed by atoms with E-state index in [4.69, 9.17) is 0 Å². The average Bonchev–Trinajstić information content (AvgIpc) is 2.59. The smallest absolute Gasteiger partial charge is 0.162 e. The van der Waals surface area contributed by atoms with Gasteiger partial charge in [0.1, 0.15) is 0 Å². The third kappa shape index (κ3) is 3.70. The number of aromatic nitrogens is 1. The van der Waals surface area contributed by atoms with Crippen molar-refractivity contribution in [1.82, 2.24) is 4.98 Å². The molecule has 0 aliphatic heterocycles. The van der Waals surface area contributed by atoms with E-state index in [9.17, 15) is 4.79 Å². The number of Topliss-reactive ketones (excluding diaryl/α,β-unsaturated/α-hetero) is 1. The SMILES string of the molecule is CCCCC(=O)c1cccc(Cc2cc(C)nc3ccccc23)c1. The largest absolute Gasteiger partial charge is 0.294 e. The Kier molecular flexibility index (Phi) is 5.05. The highest BCUT2D eigenvalue weighted by molar-refractivity contribution is 5.96. The summed E-state index contributed by atoms with van der Waals surface area (Å²) >= 11 is 0. The molecule has 0 atom stereocenters. The van der Waals surface area contributed by atoms with Gasteiger partial charge in [0.15, 0.2) is 5.78 Å². The van der Waals surface area contributed by atoms with Gasteiger partial charge < -0.3 is 0 Å². The first kappa shape index (κ1) is 16.4. The molecule has 0 saturated heterocycles. The van der Waals surface area contributed by atoms with E-state index in [2.05, 4.69) is 36.2 Å². The van der Waals surface area contributed by atoms with Crippen LogP contribution < -0.4 is 0 Å². The lowest BCUT2D eigenvalue weighted by atomic mass is 9.97. The number of unbranched alkanes of at least 4 members (excludes halogenated alkanes) is 1. The number of hydrogen-bond acceptors (Lipinski definition) is 2. The minimum atomic E-state index is 0.245. The van der Waals surface area contributed by atoms with Crippen LogP contribution in [0.5, 0.6) is 0 Å². The fraction of sp³-hybridized carbons (Fsp3) is 0.273. The zero-order chi connectivity index (χ0) is 16.9. The molecular weight excluding hydrogens is 294 g/mol. The fourth-order valence-corrected chi connectivity index (χ4v) is 3.10. The number of aryl methyl sites for hydroxylation is 1. The van der Waals surface area contributed by atoms with Crippen LogP contribution in [0.4, 0.5) is 0 Å². The van der Waals surface area contributed by atoms with Crippen molar-refractivity contribution in [3.63, 3.8) is 0 Å². The van der Waals surface area contributed by atoms with Crippen LogP contribution in [0.25, 0.3) is 10.9 Å². The monoisotopic (exact) mass is 317 g/mol. The molecule has 0 unspecified atom stereocenters. The molecule has 0 amide bonds. The maximum atomic E-state index is 12.3. The molecule has 122 valence electrons. The van der Waals surface area contributed by atoms with Crippen LogP contribution in [0.2, 0.25) is 0 Å². The second-order valence-electron chi connectivity index (χ2n) is 6.34. The Labute approximate surface area is 143 Å². The van der Waals surface area contributed by atoms with E-state index in [1.54, 1.807) is 0 Å². The van der Waals surface area contributed by atoms with Gasteiger partial charge in [-0.2, -0.15) is 0 Å². The highest BCUT2D eigenvalue weighted by atomic mass is 16.1. The van der Waals surface area contributed by atoms with Gasteiger partial charge in [-0.05, 0) is 49.1 Å². The quantitative estimate of drug-likeness (QED) is 0.561. The van der Waals surface area contributed by atoms with E-state index in [-0.39, 0.29) is 5.78 Å². The molecule has 0 fully saturated rings. The van der Waals surface area contributed by atoms with Crippen molar-refractivity contribution in [2.75, 3.05) is 0 Å². The lowest BCUT2D eigenvalue weighted by Gasteiger charge is -2.09. The van der Waals surface area contributed by atoms with Crippen LogP contribution in [0.15, 0.2) is 54.6 Å². The minimum absolute atomic E-state index is 0.245. The highest BCUT2D eigenvalue weighted by Gasteiger charge is 2.08. The number of hydrogen-bond donors (Lipinski definition) is 0. The van der Waals surface area contributed by atoms with Crippen molar-refractivity contribution in [2.45, 2.75) is 39.5 Å². The molecule has 3 rings (SSSR count). The number of nitrogens with zero attached hydrogens (tertiary/aromatic N) is 1. The number of rotatable bonds is 6. The fourth-order valence-electron chi connectivity index (χ4n) is 3.10. The number of para-hydroxylation sites is 1. The second-order valence-corrected chi connectivity index (χ2v) is 6.34. The first-order valence-electron chi connectivity index (χ1n) is 8.65. The maximum Gasteiger partial charge on any atom is 0.162 e. The average molecular weight is 317 g/mol. The first-order valence-corrected chi connectivity index (χ1v) is 8.65. The van der Waals surface area contributed by atoms with Crippen LogP contribution >= 0.6 is 0 Å². The number of fused-ring (bicyclic) bond motifs is 1. The van der Waals surface area contributed by atoms with Crippen molar-refractivity contribution in [1.29, 1.82) is 0 Å². The lowest BCUT2D eigenvalue weighted by Crippen LogP contribution is -2.00. The number of pyridine rings is 1. The number of benzene rings is 2. The molecule has 0 saturated carbocycles. The molecule has 0 spiro atoms. The summed E-state index contributed by atoms with van der Waals surface area (Å²) in [5.41, 5.74) is 5.32. The molecule has 2 aromatic carbocycles. The van der Waals surface area contributed by atoms with Gasteiger partial charge in [-0.15, -0.1) is 0 Å². The molecule has 1 aromatic heterocycles. The van der Waals surface area contributed by atoms with E-state index in [1.165, 1.54) is 16.5 Å². The van der Waals surface area contributed by atoms with Gasteiger partial charge in [-0.25, -0.2) is 0 Å². The third-order valence-corrected chi connectivity index (χ3v) is 4.33. The number of ketones is 1. The second kappa shape index (κ2) is 7.39. The van der Waals surface area contributed by atoms with Crippen LogP contribution in [-0.4, -0.2) is 10.8 Å². The van der Waals surface area contributed by atoms with Crippen LogP contribution in [-0.2, 0) is 6.42 Å². The first-order chi connectivity index (χ1) is 11.7. The molecule has 2 heteroatoms. The van der Waals surface area contributed by atoms with Crippen molar-refractivity contribution in [3.05, 3.63) is 77.0 Å². The molecule has 2 nitrogen and oxygen atoms in total. The van der Waals surface area contributed by atoms with Gasteiger partial charge in [0.25, 0.3) is 0 Å². The van der Waals surface area contributed by atoms with E-state index in [0.717, 1.165) is 36.0 Å². The Morgan fingerprint density at radius 1 is 1.04 bits per heavy atom. The Bertz CT molecular complexity index is 867. The Hall–Kier alpha value is -2.48. The summed E-state index contributed by atoms with van der Waals surface area (Å²) < 4.78 is 0. The standard InChI is InChI=1S/C22H23NO/c1-3-4-12-22(24)18-9-7-8-17(14-18)15-19-13-16(2)23-21-11-6-5-10-20(19)21/h5-11,13-14H,3-4,12,15H2,1-2H3. The summed E-state index contributed by atoms with van der Waals surface area (Å²) in [5, 5.41) is 1.19. The van der Waals surface area contributed by atoms with Gasteiger partial charge >= 0.3 is 0 Å². The van der Waals surface area contributed by atoms with Crippen molar-refractivity contribution >= 4 is 16.7 Å². The molecule has 24 heavy (non-hydrogen) atoms. The van der Waals surface area contributed by atoms with Crippen molar-refractivity contribution < 1.29 is 4.79 Å². The molecule has 1 heterocycles. The molecule has 0 aliphatic rings. The third-order valence-electron chi connectivity index (χ3n) is 4.33. The summed E-state index contributed by atoms with van der Waals surface area (Å²) in [6, 6.07) is 18.4. The predicted molar refractivity (Wildman–Crippen MR) is 99.6 cm³/mol.